The molecule has 0 radical (unpaired) electrons. The van der Waals surface area contributed by atoms with Gasteiger partial charge >= 0.3 is 0 Å². The number of nitrogens with one attached hydrogen (secondary N) is 2. The lowest BCUT2D eigenvalue weighted by Gasteiger charge is -2.45. The SMILES string of the molecule is COc1ccc(NC(=O)C2(N(Cc3ccccc3)C(=O)C[C@H]3[C@H](c4c(C)[nH]c5ccccc45)C3(C)C)CCCCC2)c(OC)c1. The molecule has 0 spiro atoms. The number of carbonyl (C=O) groups excluding carboxylic acids is 2. The molecule has 2 aliphatic carbocycles. The number of aryl methyl sites for hydroxylation is 1. The third kappa shape index (κ3) is 5.69. The number of hydrogen-bond acceptors (Lipinski definition) is 4. The number of fused-ring (bicyclic) bond motifs is 1. The number of aromatic amines is 1. The minimum Gasteiger partial charge on any atom is -0.497 e. The van der Waals surface area contributed by atoms with E-state index in [1.165, 1.54) is 16.6 Å². The van der Waals surface area contributed by atoms with Crippen molar-refractivity contribution in [3.05, 3.63) is 89.6 Å². The molecule has 2 amide bonds. The van der Waals surface area contributed by atoms with Crippen LogP contribution in [-0.2, 0) is 16.1 Å². The predicted molar refractivity (Wildman–Crippen MR) is 179 cm³/mol. The zero-order valence-corrected chi connectivity index (χ0v) is 27.1. The van der Waals surface area contributed by atoms with E-state index in [0.717, 1.165) is 30.3 Å². The van der Waals surface area contributed by atoms with Gasteiger partial charge in [-0.05, 0) is 66.3 Å². The maximum Gasteiger partial charge on any atom is 0.250 e. The summed E-state index contributed by atoms with van der Waals surface area (Å²) in [5, 5.41) is 4.41. The molecule has 2 fully saturated rings. The molecule has 3 aromatic carbocycles. The molecule has 6 rings (SSSR count). The van der Waals surface area contributed by atoms with Crippen molar-refractivity contribution in [3.8, 4) is 11.5 Å². The molecule has 236 valence electrons. The van der Waals surface area contributed by atoms with Crippen molar-refractivity contribution in [1.29, 1.82) is 0 Å². The second kappa shape index (κ2) is 12.3. The van der Waals surface area contributed by atoms with Crippen LogP contribution in [0.2, 0.25) is 0 Å². The van der Waals surface area contributed by atoms with Crippen molar-refractivity contribution in [1.82, 2.24) is 9.88 Å². The van der Waals surface area contributed by atoms with Crippen LogP contribution in [-0.4, -0.2) is 41.5 Å². The summed E-state index contributed by atoms with van der Waals surface area (Å²) in [6.45, 7) is 7.07. The molecule has 1 heterocycles. The average Bonchev–Trinajstić information content (AvgIpc) is 3.40. The van der Waals surface area contributed by atoms with Crippen molar-refractivity contribution < 1.29 is 19.1 Å². The highest BCUT2D eigenvalue weighted by Gasteiger charge is 2.60. The largest absolute Gasteiger partial charge is 0.497 e. The first-order valence-electron chi connectivity index (χ1n) is 16.1. The Bertz CT molecular complexity index is 1690. The van der Waals surface area contributed by atoms with E-state index in [9.17, 15) is 9.59 Å². The smallest absolute Gasteiger partial charge is 0.250 e. The van der Waals surface area contributed by atoms with Crippen LogP contribution in [0.15, 0.2) is 72.8 Å². The van der Waals surface area contributed by atoms with Gasteiger partial charge in [0.25, 0.3) is 0 Å². The summed E-state index contributed by atoms with van der Waals surface area (Å²) >= 11 is 0. The zero-order valence-electron chi connectivity index (χ0n) is 27.1. The quantitative estimate of drug-likeness (QED) is 0.191. The number of rotatable bonds is 10. The van der Waals surface area contributed by atoms with Crippen LogP contribution in [0.3, 0.4) is 0 Å². The number of ether oxygens (including phenoxy) is 2. The Morgan fingerprint density at radius 2 is 1.64 bits per heavy atom. The fourth-order valence-corrected chi connectivity index (χ4v) is 7.84. The molecule has 0 saturated heterocycles. The molecule has 2 saturated carbocycles. The predicted octanol–water partition coefficient (Wildman–Crippen LogP) is 7.99. The number of amides is 2. The number of nitrogens with zero attached hydrogens (tertiary/aromatic N) is 1. The molecule has 4 aromatic rings. The van der Waals surface area contributed by atoms with Crippen molar-refractivity contribution in [2.75, 3.05) is 19.5 Å². The first-order valence-corrected chi connectivity index (χ1v) is 16.1. The molecule has 0 unspecified atom stereocenters. The van der Waals surface area contributed by atoms with Gasteiger partial charge in [0.1, 0.15) is 17.0 Å². The topological polar surface area (TPSA) is 83.7 Å². The maximum atomic E-state index is 14.7. The Hall–Kier alpha value is -4.26. The minimum atomic E-state index is -0.971. The van der Waals surface area contributed by atoms with E-state index < -0.39 is 5.54 Å². The van der Waals surface area contributed by atoms with Gasteiger partial charge in [-0.3, -0.25) is 9.59 Å². The molecule has 2 N–H and O–H groups in total. The van der Waals surface area contributed by atoms with Gasteiger partial charge in [-0.1, -0.05) is 81.6 Å². The number of anilines is 1. The average molecular weight is 608 g/mol. The fraction of sp³-hybridized carbons (Fsp3) is 0.421. The molecule has 7 heteroatoms. The Balaban J connectivity index is 1.34. The van der Waals surface area contributed by atoms with E-state index >= 15 is 0 Å². The Labute approximate surface area is 266 Å². The molecule has 2 aliphatic rings. The number of benzene rings is 3. The fourth-order valence-electron chi connectivity index (χ4n) is 7.84. The van der Waals surface area contributed by atoms with Crippen LogP contribution >= 0.6 is 0 Å². The lowest BCUT2D eigenvalue weighted by atomic mass is 9.78. The third-order valence-electron chi connectivity index (χ3n) is 10.5. The van der Waals surface area contributed by atoms with Crippen LogP contribution in [0, 0.1) is 18.3 Å². The van der Waals surface area contributed by atoms with E-state index in [4.69, 9.17) is 9.47 Å². The van der Waals surface area contributed by atoms with Crippen molar-refractivity contribution in [3.63, 3.8) is 0 Å². The second-order valence-corrected chi connectivity index (χ2v) is 13.4. The summed E-state index contributed by atoms with van der Waals surface area (Å²) in [5.74, 6) is 1.48. The van der Waals surface area contributed by atoms with E-state index in [2.05, 4.69) is 55.3 Å². The van der Waals surface area contributed by atoms with Gasteiger partial charge in [0.15, 0.2) is 0 Å². The molecule has 7 nitrogen and oxygen atoms in total. The van der Waals surface area contributed by atoms with Crippen molar-refractivity contribution >= 4 is 28.4 Å². The lowest BCUT2D eigenvalue weighted by Crippen LogP contribution is -2.59. The first kappa shape index (κ1) is 30.8. The van der Waals surface area contributed by atoms with Crippen LogP contribution in [0.5, 0.6) is 11.5 Å². The molecule has 1 aromatic heterocycles. The van der Waals surface area contributed by atoms with Crippen LogP contribution in [0.25, 0.3) is 10.9 Å². The van der Waals surface area contributed by atoms with Gasteiger partial charge in [0, 0.05) is 35.6 Å². The van der Waals surface area contributed by atoms with Gasteiger partial charge in [-0.15, -0.1) is 0 Å². The van der Waals surface area contributed by atoms with Crippen LogP contribution in [0.4, 0.5) is 5.69 Å². The number of carbonyl (C=O) groups is 2. The van der Waals surface area contributed by atoms with E-state index in [-0.39, 0.29) is 29.1 Å². The number of aromatic nitrogens is 1. The van der Waals surface area contributed by atoms with E-state index in [1.807, 2.05) is 35.2 Å². The summed E-state index contributed by atoms with van der Waals surface area (Å²) in [7, 11) is 3.18. The second-order valence-electron chi connectivity index (χ2n) is 13.4. The Kier molecular flexibility index (Phi) is 8.38. The van der Waals surface area contributed by atoms with Crippen LogP contribution in [0.1, 0.15) is 75.1 Å². The summed E-state index contributed by atoms with van der Waals surface area (Å²) in [5.41, 5.74) is 4.20. The Morgan fingerprint density at radius 3 is 2.36 bits per heavy atom. The zero-order chi connectivity index (χ0) is 31.8. The first-order chi connectivity index (χ1) is 21.7. The number of H-pyrrole nitrogens is 1. The highest BCUT2D eigenvalue weighted by Crippen LogP contribution is 2.67. The van der Waals surface area contributed by atoms with Gasteiger partial charge in [-0.25, -0.2) is 0 Å². The summed E-state index contributed by atoms with van der Waals surface area (Å²) in [6, 6.07) is 23.9. The summed E-state index contributed by atoms with van der Waals surface area (Å²) < 4.78 is 11.0. The van der Waals surface area contributed by atoms with Crippen molar-refractivity contribution in [2.24, 2.45) is 11.3 Å². The summed E-state index contributed by atoms with van der Waals surface area (Å²) in [6.07, 6.45) is 4.45. The normalized spacial score (nSPS) is 19.9. The number of hydrogen-bond donors (Lipinski definition) is 2. The number of para-hydroxylation sites is 1. The summed E-state index contributed by atoms with van der Waals surface area (Å²) in [4.78, 5) is 34.7. The standard InChI is InChI=1S/C38H45N3O4/c1-25-34(28-16-10-11-17-30(28)39-25)35-29(37(35,2)3)23-33(42)41(24-26-14-8-6-9-15-26)38(20-12-7-13-21-38)36(43)40-31-19-18-27(44-4)22-32(31)45-5/h6,8-11,14-19,22,29,35,39H,7,12-13,20-21,23-24H2,1-5H3,(H,40,43)/t29-,35+/m0/s1. The molecule has 0 aliphatic heterocycles. The molecule has 45 heavy (non-hydrogen) atoms. The monoisotopic (exact) mass is 607 g/mol. The van der Waals surface area contributed by atoms with Crippen LogP contribution < -0.4 is 14.8 Å². The highest BCUT2D eigenvalue weighted by molar-refractivity contribution is 6.01. The third-order valence-corrected chi connectivity index (χ3v) is 10.5. The van der Waals surface area contributed by atoms with Crippen molar-refractivity contribution in [2.45, 2.75) is 77.3 Å². The highest BCUT2D eigenvalue weighted by atomic mass is 16.5. The van der Waals surface area contributed by atoms with E-state index in [1.54, 1.807) is 32.4 Å². The molecule has 0 bridgehead atoms. The lowest BCUT2D eigenvalue weighted by molar-refractivity contribution is -0.149. The maximum absolute atomic E-state index is 14.7. The van der Waals surface area contributed by atoms with Gasteiger partial charge in [0.2, 0.25) is 11.8 Å². The number of methoxy groups -OCH3 is 2. The van der Waals surface area contributed by atoms with Gasteiger partial charge < -0.3 is 24.7 Å². The van der Waals surface area contributed by atoms with Gasteiger partial charge in [0.05, 0.1) is 19.9 Å². The Morgan fingerprint density at radius 1 is 0.933 bits per heavy atom. The van der Waals surface area contributed by atoms with E-state index in [0.29, 0.717) is 43.0 Å². The molecule has 2 atom stereocenters. The minimum absolute atomic E-state index is 0.0377. The molecular formula is C38H45N3O4. The molecular weight excluding hydrogens is 562 g/mol. The van der Waals surface area contributed by atoms with Gasteiger partial charge in [-0.2, -0.15) is 0 Å².